The summed E-state index contributed by atoms with van der Waals surface area (Å²) >= 11 is 1.30. The predicted octanol–water partition coefficient (Wildman–Crippen LogP) is 1.74. The highest BCUT2D eigenvalue weighted by molar-refractivity contribution is 7.99. The summed E-state index contributed by atoms with van der Waals surface area (Å²) in [4.78, 5) is 32.7. The van der Waals surface area contributed by atoms with Crippen LogP contribution in [0.5, 0.6) is 0 Å². The number of piperidine rings is 1. The van der Waals surface area contributed by atoms with Gasteiger partial charge in [0.05, 0.1) is 5.75 Å². The van der Waals surface area contributed by atoms with Gasteiger partial charge in [0.25, 0.3) is 5.56 Å². The lowest BCUT2D eigenvalue weighted by atomic mass is 9.99. The minimum absolute atomic E-state index is 0.126. The van der Waals surface area contributed by atoms with E-state index < -0.39 is 0 Å². The van der Waals surface area contributed by atoms with Crippen LogP contribution in [0.4, 0.5) is 0 Å². The fourth-order valence-electron chi connectivity index (χ4n) is 2.17. The molecule has 0 bridgehead atoms. The summed E-state index contributed by atoms with van der Waals surface area (Å²) in [7, 11) is 0. The number of carbonyl (C=O) groups is 1. The molecule has 0 saturated carbocycles. The average Bonchev–Trinajstić information content (AvgIpc) is 2.42. The largest absolute Gasteiger partial charge is 0.342 e. The van der Waals surface area contributed by atoms with Crippen LogP contribution >= 0.6 is 11.8 Å². The maximum Gasteiger partial charge on any atom is 0.254 e. The van der Waals surface area contributed by atoms with Crippen molar-refractivity contribution < 1.29 is 4.79 Å². The first-order valence-electron chi connectivity index (χ1n) is 6.95. The SMILES string of the molecule is Cc1nc(SCC(=O)N2CCC(C)CC2)[nH]c(=O)c1C. The summed E-state index contributed by atoms with van der Waals surface area (Å²) in [5.41, 5.74) is 1.22. The second-order valence-electron chi connectivity index (χ2n) is 5.43. The minimum atomic E-state index is -0.126. The second-order valence-corrected chi connectivity index (χ2v) is 6.40. The maximum atomic E-state index is 12.1. The van der Waals surface area contributed by atoms with Gasteiger partial charge in [0, 0.05) is 24.3 Å². The Morgan fingerprint density at radius 2 is 2.05 bits per heavy atom. The van der Waals surface area contributed by atoms with Gasteiger partial charge in [-0.25, -0.2) is 4.98 Å². The first-order valence-corrected chi connectivity index (χ1v) is 7.94. The Labute approximate surface area is 123 Å². The summed E-state index contributed by atoms with van der Waals surface area (Å²) in [5, 5.41) is 0.525. The maximum absolute atomic E-state index is 12.1. The Hall–Kier alpha value is -1.30. The number of aromatic nitrogens is 2. The highest BCUT2D eigenvalue weighted by Gasteiger charge is 2.20. The van der Waals surface area contributed by atoms with Gasteiger partial charge in [-0.1, -0.05) is 18.7 Å². The zero-order chi connectivity index (χ0) is 14.7. The van der Waals surface area contributed by atoms with Crippen molar-refractivity contribution in [2.45, 2.75) is 38.8 Å². The van der Waals surface area contributed by atoms with E-state index in [-0.39, 0.29) is 11.5 Å². The molecule has 1 aromatic rings. The zero-order valence-electron chi connectivity index (χ0n) is 12.2. The molecule has 110 valence electrons. The fourth-order valence-corrected chi connectivity index (χ4v) is 2.98. The molecule has 2 heterocycles. The lowest BCUT2D eigenvalue weighted by Crippen LogP contribution is -2.39. The van der Waals surface area contributed by atoms with Crippen LogP contribution in [0.1, 0.15) is 31.0 Å². The number of likely N-dealkylation sites (tertiary alicyclic amines) is 1. The van der Waals surface area contributed by atoms with E-state index in [1.165, 1.54) is 11.8 Å². The van der Waals surface area contributed by atoms with Gasteiger partial charge < -0.3 is 9.88 Å². The smallest absolute Gasteiger partial charge is 0.254 e. The number of hydrogen-bond donors (Lipinski definition) is 1. The molecule has 1 fully saturated rings. The van der Waals surface area contributed by atoms with Crippen molar-refractivity contribution in [3.63, 3.8) is 0 Å². The van der Waals surface area contributed by atoms with E-state index >= 15 is 0 Å². The standard InChI is InChI=1S/C14H21N3O2S/c1-9-4-6-17(7-5-9)12(18)8-20-14-15-11(3)10(2)13(19)16-14/h9H,4-8H2,1-3H3,(H,15,16,19). The number of carbonyl (C=O) groups excluding carboxylic acids is 1. The first kappa shape index (κ1) is 15.1. The van der Waals surface area contributed by atoms with E-state index in [0.29, 0.717) is 22.4 Å². The number of hydrogen-bond acceptors (Lipinski definition) is 4. The quantitative estimate of drug-likeness (QED) is 0.681. The Morgan fingerprint density at radius 3 is 2.65 bits per heavy atom. The summed E-state index contributed by atoms with van der Waals surface area (Å²) in [5.74, 6) is 1.17. The number of thioether (sulfide) groups is 1. The molecule has 2 rings (SSSR count). The van der Waals surface area contributed by atoms with Crippen LogP contribution in [-0.2, 0) is 4.79 Å². The fraction of sp³-hybridized carbons (Fsp3) is 0.643. The highest BCUT2D eigenvalue weighted by Crippen LogP contribution is 2.18. The van der Waals surface area contributed by atoms with Crippen molar-refractivity contribution in [1.29, 1.82) is 0 Å². The molecule has 1 aliphatic heterocycles. The molecule has 20 heavy (non-hydrogen) atoms. The Kier molecular flexibility index (Phi) is 4.86. The van der Waals surface area contributed by atoms with E-state index in [1.54, 1.807) is 6.92 Å². The van der Waals surface area contributed by atoms with Crippen molar-refractivity contribution in [3.05, 3.63) is 21.6 Å². The number of amides is 1. The van der Waals surface area contributed by atoms with Gasteiger partial charge in [-0.05, 0) is 32.6 Å². The molecule has 1 aliphatic rings. The lowest BCUT2D eigenvalue weighted by Gasteiger charge is -2.30. The lowest BCUT2D eigenvalue weighted by molar-refractivity contribution is -0.129. The first-order chi connectivity index (χ1) is 9.47. The van der Waals surface area contributed by atoms with Crippen LogP contribution in [0, 0.1) is 19.8 Å². The normalized spacial score (nSPS) is 16.4. The Bertz CT molecular complexity index is 548. The highest BCUT2D eigenvalue weighted by atomic mass is 32.2. The molecular weight excluding hydrogens is 274 g/mol. The molecule has 1 amide bonds. The number of H-pyrrole nitrogens is 1. The third-order valence-electron chi connectivity index (χ3n) is 3.84. The molecule has 0 atom stereocenters. The molecule has 0 spiro atoms. The van der Waals surface area contributed by atoms with Crippen LogP contribution in [0.15, 0.2) is 9.95 Å². The van der Waals surface area contributed by atoms with Crippen molar-refractivity contribution >= 4 is 17.7 Å². The van der Waals surface area contributed by atoms with Crippen molar-refractivity contribution in [3.8, 4) is 0 Å². The molecule has 1 aromatic heterocycles. The molecule has 0 radical (unpaired) electrons. The van der Waals surface area contributed by atoms with E-state index in [2.05, 4.69) is 16.9 Å². The van der Waals surface area contributed by atoms with E-state index in [1.807, 2.05) is 11.8 Å². The Balaban J connectivity index is 1.92. The monoisotopic (exact) mass is 295 g/mol. The van der Waals surface area contributed by atoms with Crippen molar-refractivity contribution in [2.75, 3.05) is 18.8 Å². The molecule has 0 unspecified atom stereocenters. The van der Waals surface area contributed by atoms with Crippen molar-refractivity contribution in [2.24, 2.45) is 5.92 Å². The number of aryl methyl sites for hydroxylation is 1. The second kappa shape index (κ2) is 6.43. The average molecular weight is 295 g/mol. The van der Waals surface area contributed by atoms with Gasteiger partial charge >= 0.3 is 0 Å². The van der Waals surface area contributed by atoms with Crippen LogP contribution in [0.3, 0.4) is 0 Å². The van der Waals surface area contributed by atoms with Crippen LogP contribution < -0.4 is 5.56 Å². The third-order valence-corrected chi connectivity index (χ3v) is 4.70. The van der Waals surface area contributed by atoms with Crippen LogP contribution in [0.25, 0.3) is 0 Å². The molecule has 1 saturated heterocycles. The molecule has 6 heteroatoms. The van der Waals surface area contributed by atoms with Gasteiger partial charge in [-0.15, -0.1) is 0 Å². The van der Waals surface area contributed by atoms with E-state index in [9.17, 15) is 9.59 Å². The van der Waals surface area contributed by atoms with Gasteiger partial charge in [0.1, 0.15) is 0 Å². The van der Waals surface area contributed by atoms with Crippen LogP contribution in [-0.4, -0.2) is 39.6 Å². The molecule has 0 aliphatic carbocycles. The van der Waals surface area contributed by atoms with Gasteiger partial charge in [0.15, 0.2) is 5.16 Å². The molecule has 0 aromatic carbocycles. The van der Waals surface area contributed by atoms with E-state index in [0.717, 1.165) is 31.6 Å². The molecule has 1 N–H and O–H groups in total. The number of nitrogens with zero attached hydrogens (tertiary/aromatic N) is 2. The zero-order valence-corrected chi connectivity index (χ0v) is 13.0. The van der Waals surface area contributed by atoms with E-state index in [4.69, 9.17) is 0 Å². The predicted molar refractivity (Wildman–Crippen MR) is 80.0 cm³/mol. The number of aromatic amines is 1. The van der Waals surface area contributed by atoms with Gasteiger partial charge in [0.2, 0.25) is 5.91 Å². The number of rotatable bonds is 3. The summed E-state index contributed by atoms with van der Waals surface area (Å²) in [6.45, 7) is 7.47. The summed E-state index contributed by atoms with van der Waals surface area (Å²) in [6.07, 6.45) is 2.16. The minimum Gasteiger partial charge on any atom is -0.342 e. The van der Waals surface area contributed by atoms with Gasteiger partial charge in [-0.2, -0.15) is 0 Å². The summed E-state index contributed by atoms with van der Waals surface area (Å²) < 4.78 is 0. The van der Waals surface area contributed by atoms with Crippen LogP contribution in [0.2, 0.25) is 0 Å². The molecule has 5 nitrogen and oxygen atoms in total. The molecular formula is C14H21N3O2S. The third kappa shape index (κ3) is 3.62. The van der Waals surface area contributed by atoms with Gasteiger partial charge in [-0.3, -0.25) is 9.59 Å². The summed E-state index contributed by atoms with van der Waals surface area (Å²) in [6, 6.07) is 0. The Morgan fingerprint density at radius 1 is 1.40 bits per heavy atom. The number of nitrogens with one attached hydrogen (secondary N) is 1. The van der Waals surface area contributed by atoms with Crippen molar-refractivity contribution in [1.82, 2.24) is 14.9 Å². The topological polar surface area (TPSA) is 66.1 Å².